The molecule has 2 heteroatoms. The minimum absolute atomic E-state index is 0.397. The van der Waals surface area contributed by atoms with Crippen molar-refractivity contribution < 1.29 is 5.11 Å². The Kier molecular flexibility index (Phi) is 7.51. The van der Waals surface area contributed by atoms with Gasteiger partial charge in [-0.1, -0.05) is 88.2 Å². The van der Waals surface area contributed by atoms with Crippen molar-refractivity contribution in [2.75, 3.05) is 5.75 Å². The Balaban J connectivity index is 1.47. The Bertz CT molecular complexity index is 734. The second kappa shape index (κ2) is 9.71. The van der Waals surface area contributed by atoms with Crippen molar-refractivity contribution in [1.82, 2.24) is 0 Å². The van der Waals surface area contributed by atoms with E-state index in [2.05, 4.69) is 56.8 Å². The maximum Gasteiger partial charge on any atom is 0.112 e. The summed E-state index contributed by atoms with van der Waals surface area (Å²) in [7, 11) is 0. The highest BCUT2D eigenvalue weighted by atomic mass is 32.2. The molecular formula is C27H38OS. The molecule has 2 aromatic carbocycles. The van der Waals surface area contributed by atoms with Crippen molar-refractivity contribution in [3.05, 3.63) is 71.3 Å². The molecule has 0 heterocycles. The summed E-state index contributed by atoms with van der Waals surface area (Å²) in [5.74, 6) is 3.15. The molecule has 0 radical (unpaired) electrons. The molecule has 1 fully saturated rings. The topological polar surface area (TPSA) is 20.2 Å². The zero-order valence-corrected chi connectivity index (χ0v) is 19.5. The number of aliphatic hydroxyl groups is 1. The summed E-state index contributed by atoms with van der Waals surface area (Å²) in [6.07, 6.45) is 8.07. The maximum absolute atomic E-state index is 11.0. The van der Waals surface area contributed by atoms with Crippen molar-refractivity contribution in [1.29, 1.82) is 0 Å². The van der Waals surface area contributed by atoms with Gasteiger partial charge in [-0.05, 0) is 66.9 Å². The molecule has 1 saturated carbocycles. The van der Waals surface area contributed by atoms with E-state index < -0.39 is 5.60 Å². The highest BCUT2D eigenvalue weighted by Crippen LogP contribution is 2.36. The third kappa shape index (κ3) is 6.62. The minimum Gasteiger partial charge on any atom is -0.381 e. The predicted molar refractivity (Wildman–Crippen MR) is 128 cm³/mol. The minimum atomic E-state index is -0.941. The van der Waals surface area contributed by atoms with E-state index in [-0.39, 0.29) is 0 Å². The Morgan fingerprint density at radius 3 is 1.93 bits per heavy atom. The van der Waals surface area contributed by atoms with Crippen molar-refractivity contribution in [2.24, 2.45) is 11.8 Å². The van der Waals surface area contributed by atoms with E-state index in [0.29, 0.717) is 4.75 Å². The van der Waals surface area contributed by atoms with Gasteiger partial charge in [0, 0.05) is 4.75 Å². The lowest BCUT2D eigenvalue weighted by Gasteiger charge is -2.30. The second-order valence-electron chi connectivity index (χ2n) is 9.98. The van der Waals surface area contributed by atoms with Crippen LogP contribution in [-0.4, -0.2) is 15.6 Å². The van der Waals surface area contributed by atoms with Crippen LogP contribution in [0.5, 0.6) is 0 Å². The van der Waals surface area contributed by atoms with Crippen LogP contribution >= 0.6 is 11.8 Å². The molecule has 29 heavy (non-hydrogen) atoms. The normalized spacial score (nSPS) is 22.2. The van der Waals surface area contributed by atoms with Crippen LogP contribution in [-0.2, 0) is 12.0 Å². The Labute approximate surface area is 182 Å². The van der Waals surface area contributed by atoms with Gasteiger partial charge >= 0.3 is 0 Å². The molecular weight excluding hydrogens is 372 g/mol. The third-order valence-corrected chi connectivity index (χ3v) is 7.92. The summed E-state index contributed by atoms with van der Waals surface area (Å²) in [5, 5.41) is 11.0. The van der Waals surface area contributed by atoms with E-state index in [1.165, 1.54) is 43.4 Å². The van der Waals surface area contributed by atoms with Gasteiger partial charge in [0.1, 0.15) is 5.60 Å². The van der Waals surface area contributed by atoms with Gasteiger partial charge in [-0.2, -0.15) is 11.8 Å². The first-order valence-corrected chi connectivity index (χ1v) is 12.2. The fourth-order valence-electron chi connectivity index (χ4n) is 4.35. The summed E-state index contributed by atoms with van der Waals surface area (Å²) in [4.78, 5) is 0. The molecule has 1 unspecified atom stereocenters. The molecule has 1 atom stereocenters. The summed E-state index contributed by atoms with van der Waals surface area (Å²) in [5.41, 5.74) is 2.35. The highest BCUT2D eigenvalue weighted by Gasteiger charge is 2.25. The molecule has 158 valence electrons. The van der Waals surface area contributed by atoms with E-state index in [1.807, 2.05) is 37.3 Å². The van der Waals surface area contributed by atoms with Gasteiger partial charge in [-0.15, -0.1) is 0 Å². The van der Waals surface area contributed by atoms with Gasteiger partial charge in [0.2, 0.25) is 0 Å². The van der Waals surface area contributed by atoms with Gasteiger partial charge in [0.05, 0.1) is 0 Å². The number of aryl methyl sites for hydroxylation is 1. The smallest absolute Gasteiger partial charge is 0.112 e. The zero-order valence-electron chi connectivity index (χ0n) is 18.7. The van der Waals surface area contributed by atoms with Crippen LogP contribution in [0.25, 0.3) is 0 Å². The fourth-order valence-corrected chi connectivity index (χ4v) is 5.42. The third-order valence-electron chi connectivity index (χ3n) is 6.41. The van der Waals surface area contributed by atoms with Crippen molar-refractivity contribution >= 4 is 11.8 Å². The van der Waals surface area contributed by atoms with Gasteiger partial charge in [0.15, 0.2) is 0 Å². The van der Waals surface area contributed by atoms with E-state index in [4.69, 9.17) is 0 Å². The Morgan fingerprint density at radius 1 is 0.793 bits per heavy atom. The number of benzene rings is 2. The van der Waals surface area contributed by atoms with Crippen molar-refractivity contribution in [3.8, 4) is 0 Å². The summed E-state index contributed by atoms with van der Waals surface area (Å²) in [6.45, 7) is 8.86. The van der Waals surface area contributed by atoms with Gasteiger partial charge < -0.3 is 5.11 Å². The number of hydrogen-bond acceptors (Lipinski definition) is 2. The first-order chi connectivity index (χ1) is 13.7. The molecule has 1 aliphatic carbocycles. The molecule has 0 saturated heterocycles. The van der Waals surface area contributed by atoms with Crippen LogP contribution in [0, 0.1) is 11.8 Å². The lowest BCUT2D eigenvalue weighted by atomic mass is 9.80. The Hall–Kier alpha value is -1.25. The summed E-state index contributed by atoms with van der Waals surface area (Å²) in [6, 6.07) is 18.5. The van der Waals surface area contributed by atoms with E-state index in [9.17, 15) is 5.11 Å². The average molecular weight is 411 g/mol. The second-order valence-corrected chi connectivity index (χ2v) is 11.8. The molecule has 1 aliphatic rings. The average Bonchev–Trinajstić information content (AvgIpc) is 2.72. The summed E-state index contributed by atoms with van der Waals surface area (Å²) >= 11 is 2.13. The highest BCUT2D eigenvalue weighted by molar-refractivity contribution is 8.00. The molecule has 3 rings (SSSR count). The number of rotatable bonds is 7. The van der Waals surface area contributed by atoms with E-state index in [0.717, 1.165) is 29.4 Å². The fraction of sp³-hybridized carbons (Fsp3) is 0.556. The molecule has 0 spiro atoms. The molecule has 0 bridgehead atoms. The predicted octanol–water partition coefficient (Wildman–Crippen LogP) is 7.21. The summed E-state index contributed by atoms with van der Waals surface area (Å²) < 4.78 is 0.397. The van der Waals surface area contributed by atoms with Crippen molar-refractivity contribution in [3.63, 3.8) is 0 Å². The van der Waals surface area contributed by atoms with Crippen LogP contribution in [0.1, 0.15) is 76.5 Å². The standard InChI is InChI=1S/C27H38OS/c1-26(2,3)29-20-23-14-12-21(13-15-23)10-11-22-16-18-25(19-17-22)27(4,28)24-8-6-5-7-9-24/h5-9,16-19,21,23,28H,10-15,20H2,1-4H3. The van der Waals surface area contributed by atoms with Crippen molar-refractivity contribution in [2.45, 2.75) is 76.6 Å². The van der Waals surface area contributed by atoms with Crippen LogP contribution in [0.15, 0.2) is 54.6 Å². The molecule has 2 aromatic rings. The van der Waals surface area contributed by atoms with Gasteiger partial charge in [0.25, 0.3) is 0 Å². The number of hydrogen-bond donors (Lipinski definition) is 1. The van der Waals surface area contributed by atoms with Crippen LogP contribution < -0.4 is 0 Å². The number of thioether (sulfide) groups is 1. The lowest BCUT2D eigenvalue weighted by molar-refractivity contribution is 0.102. The molecule has 0 amide bonds. The van der Waals surface area contributed by atoms with Gasteiger partial charge in [-0.25, -0.2) is 0 Å². The van der Waals surface area contributed by atoms with Crippen LogP contribution in [0.3, 0.4) is 0 Å². The van der Waals surface area contributed by atoms with Crippen LogP contribution in [0.2, 0.25) is 0 Å². The zero-order chi connectivity index (χ0) is 20.9. The lowest BCUT2D eigenvalue weighted by Crippen LogP contribution is -2.22. The van der Waals surface area contributed by atoms with Gasteiger partial charge in [-0.3, -0.25) is 0 Å². The quantitative estimate of drug-likeness (QED) is 0.520. The van der Waals surface area contributed by atoms with E-state index in [1.54, 1.807) is 0 Å². The largest absolute Gasteiger partial charge is 0.381 e. The first-order valence-electron chi connectivity index (χ1n) is 11.3. The van der Waals surface area contributed by atoms with Crippen LogP contribution in [0.4, 0.5) is 0 Å². The molecule has 1 nitrogen and oxygen atoms in total. The monoisotopic (exact) mass is 410 g/mol. The SMILES string of the molecule is CC(C)(C)SCC1CCC(CCc2ccc(C(C)(O)c3ccccc3)cc2)CC1. The molecule has 0 aromatic heterocycles. The first kappa shape index (κ1) is 22.4. The molecule has 1 N–H and O–H groups in total. The van der Waals surface area contributed by atoms with E-state index >= 15 is 0 Å². The maximum atomic E-state index is 11.0. The molecule has 0 aliphatic heterocycles. The Morgan fingerprint density at radius 2 is 1.34 bits per heavy atom.